The van der Waals surface area contributed by atoms with Crippen molar-refractivity contribution in [3.05, 3.63) is 97.1 Å². The summed E-state index contributed by atoms with van der Waals surface area (Å²) >= 11 is 0. The summed E-state index contributed by atoms with van der Waals surface area (Å²) in [6, 6.07) is 35.0. The summed E-state index contributed by atoms with van der Waals surface area (Å²) < 4.78 is 0. The van der Waals surface area contributed by atoms with Crippen molar-refractivity contribution in [2.24, 2.45) is 0 Å². The second-order valence-corrected chi connectivity index (χ2v) is 7.16. The molecule has 1 heteroatoms. The molecule has 0 fully saturated rings. The normalized spacial score (nSPS) is 11.7. The fourth-order valence-electron chi connectivity index (χ4n) is 4.23. The Balaban J connectivity index is 1.60. The van der Waals surface area contributed by atoms with Crippen LogP contribution >= 0.6 is 0 Å². The summed E-state index contributed by atoms with van der Waals surface area (Å²) in [6.07, 6.45) is 0. The molecule has 1 aromatic heterocycles. The van der Waals surface area contributed by atoms with Gasteiger partial charge in [0, 0.05) is 21.8 Å². The Labute approximate surface area is 156 Å². The Kier molecular flexibility index (Phi) is 2.95. The first-order chi connectivity index (χ1) is 13.4. The molecule has 0 atom stereocenters. The molecule has 0 saturated carbocycles. The van der Waals surface area contributed by atoms with Crippen molar-refractivity contribution in [3.8, 4) is 11.1 Å². The smallest absolute Gasteiger partial charge is 0.0471 e. The van der Waals surface area contributed by atoms with Gasteiger partial charge in [-0.2, -0.15) is 0 Å². The van der Waals surface area contributed by atoms with Crippen LogP contribution in [-0.4, -0.2) is 4.98 Å². The van der Waals surface area contributed by atoms with Crippen molar-refractivity contribution < 1.29 is 0 Å². The van der Waals surface area contributed by atoms with E-state index in [-0.39, 0.29) is 0 Å². The average molecular weight is 343 g/mol. The Hall–Kier alpha value is -3.58. The quantitative estimate of drug-likeness (QED) is 0.322. The molecular weight excluding hydrogens is 326 g/mol. The SMILES string of the molecule is c1ccc2cc(-c3ccc4c(ccc5[nH]c6ccccc6c54)c3)ccc2c1. The minimum Gasteiger partial charge on any atom is -0.354 e. The molecule has 0 aliphatic heterocycles. The lowest BCUT2D eigenvalue weighted by Crippen LogP contribution is -1.81. The zero-order valence-corrected chi connectivity index (χ0v) is 14.7. The lowest BCUT2D eigenvalue weighted by Gasteiger charge is -2.07. The van der Waals surface area contributed by atoms with Gasteiger partial charge in [0.25, 0.3) is 0 Å². The van der Waals surface area contributed by atoms with E-state index in [4.69, 9.17) is 0 Å². The number of fused-ring (bicyclic) bond motifs is 6. The highest BCUT2D eigenvalue weighted by Gasteiger charge is 2.09. The van der Waals surface area contributed by atoms with Gasteiger partial charge in [-0.1, -0.05) is 72.8 Å². The molecule has 0 unspecified atom stereocenters. The van der Waals surface area contributed by atoms with Gasteiger partial charge in [-0.05, 0) is 56.9 Å². The van der Waals surface area contributed by atoms with Crippen LogP contribution in [0.4, 0.5) is 0 Å². The first-order valence-corrected chi connectivity index (χ1v) is 9.29. The second-order valence-electron chi connectivity index (χ2n) is 7.16. The predicted octanol–water partition coefficient (Wildman–Crippen LogP) is 7.29. The lowest BCUT2D eigenvalue weighted by molar-refractivity contribution is 1.55. The van der Waals surface area contributed by atoms with Crippen LogP contribution in [0.25, 0.3) is 54.5 Å². The van der Waals surface area contributed by atoms with Crippen LogP contribution in [-0.2, 0) is 0 Å². The number of para-hydroxylation sites is 1. The Morgan fingerprint density at radius 2 is 1.15 bits per heavy atom. The van der Waals surface area contributed by atoms with Gasteiger partial charge < -0.3 is 4.98 Å². The number of nitrogens with one attached hydrogen (secondary N) is 1. The maximum Gasteiger partial charge on any atom is 0.0471 e. The zero-order valence-electron chi connectivity index (χ0n) is 14.7. The minimum atomic E-state index is 1.19. The average Bonchev–Trinajstić information content (AvgIpc) is 3.12. The topological polar surface area (TPSA) is 15.8 Å². The second kappa shape index (κ2) is 5.46. The van der Waals surface area contributed by atoms with E-state index in [1.54, 1.807) is 0 Å². The van der Waals surface area contributed by atoms with E-state index in [0.29, 0.717) is 0 Å². The first-order valence-electron chi connectivity index (χ1n) is 9.29. The van der Waals surface area contributed by atoms with Crippen LogP contribution in [0.5, 0.6) is 0 Å². The molecule has 0 bridgehead atoms. The van der Waals surface area contributed by atoms with Gasteiger partial charge in [0.05, 0.1) is 0 Å². The fraction of sp³-hybridized carbons (Fsp3) is 0. The summed E-state index contributed by atoms with van der Waals surface area (Å²) in [4.78, 5) is 3.54. The van der Waals surface area contributed by atoms with E-state index in [1.807, 2.05) is 0 Å². The molecule has 0 aliphatic carbocycles. The summed E-state index contributed by atoms with van der Waals surface area (Å²) in [5.74, 6) is 0. The molecule has 0 saturated heterocycles. The largest absolute Gasteiger partial charge is 0.354 e. The number of rotatable bonds is 1. The van der Waals surface area contributed by atoms with Crippen LogP contribution in [0.2, 0.25) is 0 Å². The van der Waals surface area contributed by atoms with Crippen LogP contribution in [0.15, 0.2) is 97.1 Å². The lowest BCUT2D eigenvalue weighted by atomic mass is 9.97. The molecule has 126 valence electrons. The van der Waals surface area contributed by atoms with E-state index < -0.39 is 0 Å². The molecule has 0 amide bonds. The Morgan fingerprint density at radius 3 is 2.07 bits per heavy atom. The van der Waals surface area contributed by atoms with Crippen molar-refractivity contribution in [1.29, 1.82) is 0 Å². The molecule has 5 aromatic carbocycles. The van der Waals surface area contributed by atoms with Crippen LogP contribution < -0.4 is 0 Å². The Morgan fingerprint density at radius 1 is 0.444 bits per heavy atom. The summed E-state index contributed by atoms with van der Waals surface area (Å²) in [6.45, 7) is 0. The van der Waals surface area contributed by atoms with Crippen LogP contribution in [0.3, 0.4) is 0 Å². The fourth-order valence-corrected chi connectivity index (χ4v) is 4.23. The van der Waals surface area contributed by atoms with Crippen LogP contribution in [0, 0.1) is 0 Å². The summed E-state index contributed by atoms with van der Waals surface area (Å²) in [5, 5.41) is 7.74. The highest BCUT2D eigenvalue weighted by Crippen LogP contribution is 2.34. The third kappa shape index (κ3) is 2.18. The molecule has 0 aliphatic rings. The van der Waals surface area contributed by atoms with E-state index in [9.17, 15) is 0 Å². The van der Waals surface area contributed by atoms with Gasteiger partial charge in [0.15, 0.2) is 0 Å². The third-order valence-electron chi connectivity index (χ3n) is 5.57. The third-order valence-corrected chi connectivity index (χ3v) is 5.57. The van der Waals surface area contributed by atoms with Gasteiger partial charge in [-0.3, -0.25) is 0 Å². The molecule has 1 nitrogen and oxygen atoms in total. The van der Waals surface area contributed by atoms with Gasteiger partial charge in [-0.25, -0.2) is 0 Å². The number of H-pyrrole nitrogens is 1. The molecular formula is C26H17N. The molecule has 1 N–H and O–H groups in total. The number of benzene rings is 5. The number of aromatic nitrogens is 1. The number of hydrogen-bond acceptors (Lipinski definition) is 0. The Bertz CT molecular complexity index is 1470. The van der Waals surface area contributed by atoms with Crippen molar-refractivity contribution in [2.75, 3.05) is 0 Å². The maximum atomic E-state index is 3.54. The number of hydrogen-bond donors (Lipinski definition) is 1. The standard InChI is InChI=1S/C26H17N/c1-2-6-18-15-19(10-9-17(18)5-1)20-11-13-22-21(16-20)12-14-25-26(22)23-7-3-4-8-24(23)27-25/h1-16,27H. The molecule has 1 heterocycles. The van der Waals surface area contributed by atoms with Gasteiger partial charge in [0.1, 0.15) is 0 Å². The monoisotopic (exact) mass is 343 g/mol. The van der Waals surface area contributed by atoms with Crippen LogP contribution in [0.1, 0.15) is 0 Å². The predicted molar refractivity (Wildman–Crippen MR) is 116 cm³/mol. The van der Waals surface area contributed by atoms with Gasteiger partial charge in [0.2, 0.25) is 0 Å². The first kappa shape index (κ1) is 14.6. The van der Waals surface area contributed by atoms with Crippen molar-refractivity contribution >= 4 is 43.4 Å². The maximum absolute atomic E-state index is 3.54. The highest BCUT2D eigenvalue weighted by molar-refractivity contribution is 6.20. The van der Waals surface area contributed by atoms with Gasteiger partial charge >= 0.3 is 0 Å². The molecule has 0 radical (unpaired) electrons. The highest BCUT2D eigenvalue weighted by atomic mass is 14.7. The van der Waals surface area contributed by atoms with Crippen molar-refractivity contribution in [3.63, 3.8) is 0 Å². The molecule has 6 rings (SSSR count). The van der Waals surface area contributed by atoms with E-state index in [0.717, 1.165) is 0 Å². The van der Waals surface area contributed by atoms with E-state index in [2.05, 4.69) is 102 Å². The van der Waals surface area contributed by atoms with E-state index in [1.165, 1.54) is 54.5 Å². The molecule has 27 heavy (non-hydrogen) atoms. The molecule has 6 aromatic rings. The minimum absolute atomic E-state index is 1.19. The van der Waals surface area contributed by atoms with Gasteiger partial charge in [-0.15, -0.1) is 0 Å². The summed E-state index contributed by atoms with van der Waals surface area (Å²) in [7, 11) is 0. The zero-order chi connectivity index (χ0) is 17.8. The van der Waals surface area contributed by atoms with Crippen molar-refractivity contribution in [1.82, 2.24) is 4.98 Å². The van der Waals surface area contributed by atoms with E-state index >= 15 is 0 Å². The number of aromatic amines is 1. The van der Waals surface area contributed by atoms with Crippen molar-refractivity contribution in [2.45, 2.75) is 0 Å². The molecule has 0 spiro atoms. The summed E-state index contributed by atoms with van der Waals surface area (Å²) in [5.41, 5.74) is 4.91.